The largest absolute Gasteiger partial charge is 0.468 e. The third-order valence-electron chi connectivity index (χ3n) is 3.82. The summed E-state index contributed by atoms with van der Waals surface area (Å²) in [5, 5.41) is 11.3. The number of para-hydroxylation sites is 2. The molecule has 0 fully saturated rings. The third kappa shape index (κ3) is 3.67. The molecule has 9 heteroatoms. The number of anilines is 1. The van der Waals surface area contributed by atoms with Crippen molar-refractivity contribution in [3.63, 3.8) is 0 Å². The van der Waals surface area contributed by atoms with Crippen LogP contribution in [0.3, 0.4) is 0 Å². The second-order valence-corrected chi connectivity index (χ2v) is 7.38. The van der Waals surface area contributed by atoms with Gasteiger partial charge in [0.15, 0.2) is 4.90 Å². The summed E-state index contributed by atoms with van der Waals surface area (Å²) in [6, 6.07) is 10.2. The topological polar surface area (TPSA) is 107 Å². The maximum Gasteiger partial charge on any atom is 0.326 e. The molecule has 0 saturated carbocycles. The Bertz CT molecular complexity index is 935. The van der Waals surface area contributed by atoms with E-state index < -0.39 is 38.0 Å². The van der Waals surface area contributed by atoms with Gasteiger partial charge in [-0.25, -0.2) is 8.42 Å². The molecule has 0 saturated heterocycles. The predicted molar refractivity (Wildman–Crippen MR) is 95.6 cm³/mol. The minimum absolute atomic E-state index is 0.288. The van der Waals surface area contributed by atoms with E-state index in [1.165, 1.54) is 12.1 Å². The first-order valence-corrected chi connectivity index (χ1v) is 9.03. The van der Waals surface area contributed by atoms with E-state index >= 15 is 0 Å². The van der Waals surface area contributed by atoms with E-state index in [0.29, 0.717) is 11.1 Å². The van der Waals surface area contributed by atoms with E-state index in [2.05, 4.69) is 4.74 Å². The van der Waals surface area contributed by atoms with Gasteiger partial charge in [0.25, 0.3) is 15.7 Å². The van der Waals surface area contributed by atoms with Gasteiger partial charge >= 0.3 is 5.97 Å². The molecular weight excluding hydrogens is 360 g/mol. The van der Waals surface area contributed by atoms with Gasteiger partial charge < -0.3 is 4.74 Å². The average Bonchev–Trinajstić information content (AvgIpc) is 2.60. The Morgan fingerprint density at radius 2 is 1.69 bits per heavy atom. The Morgan fingerprint density at radius 3 is 2.23 bits per heavy atom. The van der Waals surface area contributed by atoms with Crippen molar-refractivity contribution in [1.29, 1.82) is 0 Å². The first-order chi connectivity index (χ1) is 12.2. The second kappa shape index (κ2) is 7.52. The van der Waals surface area contributed by atoms with E-state index in [4.69, 9.17) is 0 Å². The number of aryl methyl sites for hydroxylation is 2. The number of hydrogen-bond acceptors (Lipinski definition) is 6. The molecule has 0 N–H and O–H groups in total. The van der Waals surface area contributed by atoms with Gasteiger partial charge in [-0.1, -0.05) is 30.3 Å². The number of sulfonamides is 1. The fourth-order valence-electron chi connectivity index (χ4n) is 2.61. The molecule has 0 unspecified atom stereocenters. The Hall–Kier alpha value is -2.94. The predicted octanol–water partition coefficient (Wildman–Crippen LogP) is 2.58. The number of esters is 1. The standard InChI is InChI=1S/C17H18N2O6S/c1-12-7-6-8-13(2)17(12)18(11-16(20)25-3)26(23,24)15-10-5-4-9-14(15)19(21)22/h4-10H,11H2,1-3H3. The Morgan fingerprint density at radius 1 is 1.12 bits per heavy atom. The Kier molecular flexibility index (Phi) is 5.61. The summed E-state index contributed by atoms with van der Waals surface area (Å²) >= 11 is 0. The van der Waals surface area contributed by atoms with Crippen LogP contribution in [0.5, 0.6) is 0 Å². The van der Waals surface area contributed by atoms with Crippen molar-refractivity contribution in [3.8, 4) is 0 Å². The van der Waals surface area contributed by atoms with Crippen molar-refractivity contribution >= 4 is 27.4 Å². The number of rotatable bonds is 6. The molecule has 0 spiro atoms. The molecule has 0 heterocycles. The minimum atomic E-state index is -4.39. The number of nitro groups is 1. The summed E-state index contributed by atoms with van der Waals surface area (Å²) in [6.07, 6.45) is 0. The van der Waals surface area contributed by atoms with Gasteiger partial charge in [0, 0.05) is 6.07 Å². The van der Waals surface area contributed by atoms with Crippen LogP contribution in [0.1, 0.15) is 11.1 Å². The number of nitrogens with zero attached hydrogens (tertiary/aromatic N) is 2. The molecule has 2 aromatic rings. The molecule has 0 aliphatic rings. The summed E-state index contributed by atoms with van der Waals surface area (Å²) in [5.41, 5.74) is 0.941. The van der Waals surface area contributed by atoms with Crippen LogP contribution in [0.2, 0.25) is 0 Å². The number of benzene rings is 2. The lowest BCUT2D eigenvalue weighted by Gasteiger charge is -2.26. The second-order valence-electron chi connectivity index (χ2n) is 5.55. The van der Waals surface area contributed by atoms with Gasteiger partial charge in [-0.15, -0.1) is 0 Å². The van der Waals surface area contributed by atoms with Crippen molar-refractivity contribution in [1.82, 2.24) is 0 Å². The number of carbonyl (C=O) groups excluding carboxylic acids is 1. The fourth-order valence-corrected chi connectivity index (χ4v) is 4.31. The summed E-state index contributed by atoms with van der Waals surface area (Å²) in [7, 11) is -3.25. The van der Waals surface area contributed by atoms with E-state index in [1.807, 2.05) is 0 Å². The highest BCUT2D eigenvalue weighted by molar-refractivity contribution is 7.93. The smallest absolute Gasteiger partial charge is 0.326 e. The van der Waals surface area contributed by atoms with Gasteiger partial charge in [-0.3, -0.25) is 19.2 Å². The van der Waals surface area contributed by atoms with Crippen LogP contribution in [-0.4, -0.2) is 33.0 Å². The van der Waals surface area contributed by atoms with Crippen LogP contribution in [0.15, 0.2) is 47.4 Å². The molecule has 0 radical (unpaired) electrons. The molecular formula is C17H18N2O6S. The van der Waals surface area contributed by atoms with Crippen molar-refractivity contribution in [2.45, 2.75) is 18.7 Å². The van der Waals surface area contributed by atoms with Crippen molar-refractivity contribution in [2.75, 3.05) is 18.0 Å². The van der Waals surface area contributed by atoms with E-state index in [1.54, 1.807) is 32.0 Å². The highest BCUT2D eigenvalue weighted by atomic mass is 32.2. The molecule has 8 nitrogen and oxygen atoms in total. The quantitative estimate of drug-likeness (QED) is 0.434. The molecule has 26 heavy (non-hydrogen) atoms. The van der Waals surface area contributed by atoms with Crippen molar-refractivity contribution < 1.29 is 22.9 Å². The highest BCUT2D eigenvalue weighted by Gasteiger charge is 2.34. The zero-order chi connectivity index (χ0) is 19.5. The zero-order valence-electron chi connectivity index (χ0n) is 14.5. The van der Waals surface area contributed by atoms with E-state index in [-0.39, 0.29) is 5.69 Å². The Labute approximate surface area is 151 Å². The SMILES string of the molecule is COC(=O)CN(c1c(C)cccc1C)S(=O)(=O)c1ccccc1[N+](=O)[O-]. The van der Waals surface area contributed by atoms with Crippen LogP contribution in [0.4, 0.5) is 11.4 Å². The number of hydrogen-bond donors (Lipinski definition) is 0. The Balaban J connectivity index is 2.73. The van der Waals surface area contributed by atoms with E-state index in [9.17, 15) is 23.3 Å². The lowest BCUT2D eigenvalue weighted by Crippen LogP contribution is -2.37. The maximum atomic E-state index is 13.2. The van der Waals surface area contributed by atoms with Gasteiger partial charge in [0.05, 0.1) is 17.7 Å². The monoisotopic (exact) mass is 378 g/mol. The minimum Gasteiger partial charge on any atom is -0.468 e. The summed E-state index contributed by atoms with van der Waals surface area (Å²) in [5.74, 6) is -0.783. The van der Waals surface area contributed by atoms with Gasteiger partial charge in [0.2, 0.25) is 0 Å². The van der Waals surface area contributed by atoms with Crippen LogP contribution in [0.25, 0.3) is 0 Å². The number of methoxy groups -OCH3 is 1. The zero-order valence-corrected chi connectivity index (χ0v) is 15.3. The van der Waals surface area contributed by atoms with Crippen LogP contribution < -0.4 is 4.31 Å². The first-order valence-electron chi connectivity index (χ1n) is 7.59. The maximum absolute atomic E-state index is 13.2. The van der Waals surface area contributed by atoms with Gasteiger partial charge in [-0.2, -0.15) is 0 Å². The molecule has 0 amide bonds. The molecule has 0 bridgehead atoms. The van der Waals surface area contributed by atoms with Crippen molar-refractivity contribution in [2.24, 2.45) is 0 Å². The van der Waals surface area contributed by atoms with Gasteiger partial charge in [0.1, 0.15) is 6.54 Å². The molecule has 0 aromatic heterocycles. The van der Waals surface area contributed by atoms with Crippen LogP contribution in [-0.2, 0) is 19.6 Å². The molecule has 2 rings (SSSR count). The number of ether oxygens (including phenoxy) is 1. The highest BCUT2D eigenvalue weighted by Crippen LogP contribution is 2.33. The van der Waals surface area contributed by atoms with E-state index in [0.717, 1.165) is 23.5 Å². The third-order valence-corrected chi connectivity index (χ3v) is 5.61. The normalized spacial score (nSPS) is 11.0. The molecule has 0 aliphatic carbocycles. The molecule has 0 atom stereocenters. The summed E-state index contributed by atoms with van der Waals surface area (Å²) in [4.78, 5) is 21.9. The average molecular weight is 378 g/mol. The van der Waals surface area contributed by atoms with Gasteiger partial charge in [-0.05, 0) is 31.0 Å². The van der Waals surface area contributed by atoms with Crippen LogP contribution >= 0.6 is 0 Å². The first kappa shape index (κ1) is 19.4. The molecule has 0 aliphatic heterocycles. The molecule has 138 valence electrons. The van der Waals surface area contributed by atoms with Crippen LogP contribution in [0, 0.1) is 24.0 Å². The fraction of sp³-hybridized carbons (Fsp3) is 0.235. The molecule has 2 aromatic carbocycles. The van der Waals surface area contributed by atoms with Crippen molar-refractivity contribution in [3.05, 3.63) is 63.7 Å². The lowest BCUT2D eigenvalue weighted by atomic mass is 10.1. The summed E-state index contributed by atoms with van der Waals surface area (Å²) in [6.45, 7) is 2.79. The number of carbonyl (C=O) groups is 1. The number of nitro benzene ring substituents is 1. The lowest BCUT2D eigenvalue weighted by molar-refractivity contribution is -0.387. The summed E-state index contributed by atoms with van der Waals surface area (Å²) < 4.78 is 31.9.